The van der Waals surface area contributed by atoms with Crippen LogP contribution in [0.1, 0.15) is 46.9 Å². The quantitative estimate of drug-likeness (QED) is 0.449. The van der Waals surface area contributed by atoms with Gasteiger partial charge in [-0.2, -0.15) is 0 Å². The van der Waals surface area contributed by atoms with Crippen molar-refractivity contribution >= 4 is 22.8 Å². The third-order valence-electron chi connectivity index (χ3n) is 9.10. The molecule has 9 nitrogen and oxygen atoms in total. The fraction of sp³-hybridized carbons (Fsp3) is 0.484. The van der Waals surface area contributed by atoms with Gasteiger partial charge in [-0.3, -0.25) is 9.69 Å². The number of aromatic amines is 1. The molecule has 2 aliphatic heterocycles. The van der Waals surface area contributed by atoms with Crippen LogP contribution in [0.2, 0.25) is 0 Å². The lowest BCUT2D eigenvalue weighted by Crippen LogP contribution is -2.52. The Morgan fingerprint density at radius 2 is 1.65 bits per heavy atom. The maximum Gasteiger partial charge on any atom is 0.338 e. The molecule has 3 aliphatic rings. The van der Waals surface area contributed by atoms with Crippen molar-refractivity contribution in [1.82, 2.24) is 9.88 Å². The van der Waals surface area contributed by atoms with E-state index in [9.17, 15) is 9.59 Å². The average Bonchev–Trinajstić information content (AvgIpc) is 3.37. The number of ether oxygens (including phenoxy) is 5. The van der Waals surface area contributed by atoms with E-state index in [-0.39, 0.29) is 35.9 Å². The van der Waals surface area contributed by atoms with Crippen molar-refractivity contribution in [2.75, 3.05) is 41.5 Å². The van der Waals surface area contributed by atoms with Crippen molar-refractivity contribution in [2.24, 2.45) is 17.8 Å². The number of hydrogen-bond donors (Lipinski definition) is 1. The lowest BCUT2D eigenvalue weighted by Gasteiger charge is -2.51. The zero-order chi connectivity index (χ0) is 28.0. The van der Waals surface area contributed by atoms with Crippen LogP contribution in [0.25, 0.3) is 10.9 Å². The summed E-state index contributed by atoms with van der Waals surface area (Å²) < 4.78 is 27.3. The number of methoxy groups -OCH3 is 4. The van der Waals surface area contributed by atoms with Crippen LogP contribution in [0.15, 0.2) is 36.4 Å². The Morgan fingerprint density at radius 1 is 0.900 bits per heavy atom. The van der Waals surface area contributed by atoms with E-state index in [2.05, 4.69) is 22.0 Å². The predicted octanol–water partition coefficient (Wildman–Crippen LogP) is 4.54. The molecule has 1 saturated heterocycles. The Labute approximate surface area is 233 Å². The lowest BCUT2D eigenvalue weighted by atomic mass is 9.65. The van der Waals surface area contributed by atoms with Gasteiger partial charge < -0.3 is 28.7 Å². The molecule has 1 aromatic heterocycles. The van der Waals surface area contributed by atoms with Crippen LogP contribution in [0.4, 0.5) is 0 Å². The Kier molecular flexibility index (Phi) is 7.08. The van der Waals surface area contributed by atoms with Crippen LogP contribution in [-0.2, 0) is 20.7 Å². The number of nitrogens with zero attached hydrogens (tertiary/aromatic N) is 1. The average molecular weight is 549 g/mol. The lowest BCUT2D eigenvalue weighted by molar-refractivity contribution is -0.155. The number of esters is 2. The van der Waals surface area contributed by atoms with Crippen molar-refractivity contribution in [3.63, 3.8) is 0 Å². The van der Waals surface area contributed by atoms with Gasteiger partial charge in [0.25, 0.3) is 0 Å². The second-order valence-corrected chi connectivity index (χ2v) is 11.1. The van der Waals surface area contributed by atoms with E-state index in [1.54, 1.807) is 39.5 Å². The Morgan fingerprint density at radius 3 is 2.35 bits per heavy atom. The fourth-order valence-corrected chi connectivity index (χ4v) is 7.20. The molecule has 1 N–H and O–H groups in total. The van der Waals surface area contributed by atoms with E-state index in [0.717, 1.165) is 37.2 Å². The third-order valence-corrected chi connectivity index (χ3v) is 9.10. The first kappa shape index (κ1) is 26.5. The van der Waals surface area contributed by atoms with E-state index >= 15 is 0 Å². The van der Waals surface area contributed by atoms with Gasteiger partial charge in [0.2, 0.25) is 0 Å². The highest BCUT2D eigenvalue weighted by molar-refractivity contribution is 5.90. The molecule has 0 bridgehead atoms. The van der Waals surface area contributed by atoms with E-state index in [0.29, 0.717) is 29.9 Å². The molecule has 0 unspecified atom stereocenters. The summed E-state index contributed by atoms with van der Waals surface area (Å²) in [6, 6.07) is 11.4. The number of H-pyrrole nitrogens is 1. The van der Waals surface area contributed by atoms with Gasteiger partial charge >= 0.3 is 11.9 Å². The molecule has 0 radical (unpaired) electrons. The summed E-state index contributed by atoms with van der Waals surface area (Å²) in [5.74, 6) is 1.21. The minimum absolute atomic E-state index is 0.146. The third kappa shape index (κ3) is 4.66. The van der Waals surface area contributed by atoms with Crippen molar-refractivity contribution in [3.8, 4) is 17.2 Å². The van der Waals surface area contributed by atoms with Crippen LogP contribution in [-0.4, -0.2) is 69.5 Å². The van der Waals surface area contributed by atoms with Crippen LogP contribution in [0.5, 0.6) is 17.2 Å². The molecule has 0 spiro atoms. The Hall–Kier alpha value is -3.72. The number of rotatable bonds is 6. The number of fused-ring (bicyclic) bond motifs is 6. The van der Waals surface area contributed by atoms with Gasteiger partial charge in [-0.05, 0) is 67.3 Å². The van der Waals surface area contributed by atoms with E-state index in [1.165, 1.54) is 23.8 Å². The summed E-state index contributed by atoms with van der Waals surface area (Å²) in [4.78, 5) is 32.5. The second kappa shape index (κ2) is 10.7. The highest BCUT2D eigenvalue weighted by Gasteiger charge is 2.49. The molecule has 0 amide bonds. The maximum absolute atomic E-state index is 13.2. The number of nitrogens with one attached hydrogen (secondary N) is 1. The highest BCUT2D eigenvalue weighted by atomic mass is 16.5. The SMILES string of the molecule is COC(=O)[C@@H]1C[C@H](OC(=O)c2cc(OC)cc(OC)c2)C[C@@H]2CN3CCc4c([nH]c5cc(OC)ccc45)[C@H]3C[C@@H]21. The summed E-state index contributed by atoms with van der Waals surface area (Å²) in [5.41, 5.74) is 4.05. The van der Waals surface area contributed by atoms with Crippen LogP contribution >= 0.6 is 0 Å². The standard InChI is InChI=1S/C31H36N2O7/c1-36-19-5-6-23-24-7-8-33-16-18-11-22(40-30(34)17-9-20(37-2)12-21(10-17)38-3)13-26(31(35)39-4)25(18)15-28(33)29(24)32-27(23)14-19/h5-6,9-10,12,14,18,22,25-26,28,32H,7-8,11,13,15-16H2,1-4H3/t18-,22-,25+,26-,28-/m1/s1. The number of carbonyl (C=O) groups is 2. The summed E-state index contributed by atoms with van der Waals surface area (Å²) in [5, 5.41) is 1.24. The largest absolute Gasteiger partial charge is 0.497 e. The molecule has 1 saturated carbocycles. The molecule has 212 valence electrons. The first-order valence-corrected chi connectivity index (χ1v) is 13.9. The number of carbonyl (C=O) groups excluding carboxylic acids is 2. The van der Waals surface area contributed by atoms with Gasteiger partial charge in [0.1, 0.15) is 23.4 Å². The molecule has 1 aliphatic carbocycles. The monoisotopic (exact) mass is 548 g/mol. The predicted molar refractivity (Wildman–Crippen MR) is 148 cm³/mol. The minimum Gasteiger partial charge on any atom is -0.497 e. The van der Waals surface area contributed by atoms with E-state index in [4.69, 9.17) is 23.7 Å². The number of aromatic nitrogens is 1. The van der Waals surface area contributed by atoms with Crippen molar-refractivity contribution in [3.05, 3.63) is 53.2 Å². The van der Waals surface area contributed by atoms with Gasteiger partial charge in [-0.15, -0.1) is 0 Å². The van der Waals surface area contributed by atoms with Gasteiger partial charge in [-0.25, -0.2) is 4.79 Å². The molecular weight excluding hydrogens is 512 g/mol. The van der Waals surface area contributed by atoms with E-state index in [1.807, 2.05) is 6.07 Å². The highest BCUT2D eigenvalue weighted by Crippen LogP contribution is 2.50. The van der Waals surface area contributed by atoms with Gasteiger partial charge in [0, 0.05) is 41.8 Å². The number of benzene rings is 2. The minimum atomic E-state index is -0.450. The molecule has 3 aromatic rings. The van der Waals surface area contributed by atoms with Gasteiger partial charge in [0.15, 0.2) is 0 Å². The Bertz CT molecular complexity index is 1410. The number of piperidine rings is 1. The number of hydrogen-bond acceptors (Lipinski definition) is 8. The summed E-state index contributed by atoms with van der Waals surface area (Å²) in [7, 11) is 6.20. The summed E-state index contributed by atoms with van der Waals surface area (Å²) in [6.45, 7) is 1.80. The maximum atomic E-state index is 13.2. The van der Waals surface area contributed by atoms with Gasteiger partial charge in [-0.1, -0.05) is 0 Å². The topological polar surface area (TPSA) is 99.3 Å². The zero-order valence-electron chi connectivity index (χ0n) is 23.4. The molecule has 6 rings (SSSR count). The first-order valence-electron chi connectivity index (χ1n) is 13.9. The van der Waals surface area contributed by atoms with E-state index < -0.39 is 5.97 Å². The summed E-state index contributed by atoms with van der Waals surface area (Å²) >= 11 is 0. The van der Waals surface area contributed by atoms with Gasteiger partial charge in [0.05, 0.1) is 46.0 Å². The fourth-order valence-electron chi connectivity index (χ4n) is 7.20. The molecule has 40 heavy (non-hydrogen) atoms. The smallest absolute Gasteiger partial charge is 0.338 e. The second-order valence-electron chi connectivity index (χ2n) is 11.1. The molecule has 2 fully saturated rings. The van der Waals surface area contributed by atoms with Crippen LogP contribution in [0, 0.1) is 17.8 Å². The summed E-state index contributed by atoms with van der Waals surface area (Å²) in [6.07, 6.45) is 2.60. The normalized spacial score (nSPS) is 25.8. The van der Waals surface area contributed by atoms with Crippen molar-refractivity contribution < 1.29 is 33.3 Å². The van der Waals surface area contributed by atoms with Crippen molar-refractivity contribution in [2.45, 2.75) is 37.8 Å². The molecule has 2 aromatic carbocycles. The van der Waals surface area contributed by atoms with Crippen molar-refractivity contribution in [1.29, 1.82) is 0 Å². The Balaban J connectivity index is 1.24. The van der Waals surface area contributed by atoms with Crippen LogP contribution < -0.4 is 14.2 Å². The molecule has 3 heterocycles. The van der Waals surface area contributed by atoms with Crippen LogP contribution in [0.3, 0.4) is 0 Å². The molecular formula is C31H36N2O7. The molecule has 9 heteroatoms. The zero-order valence-corrected chi connectivity index (χ0v) is 23.4. The first-order chi connectivity index (χ1) is 19.4. The molecule has 5 atom stereocenters.